The normalized spacial score (nSPS) is 32.3. The molecule has 0 N–H and O–H groups in total. The zero-order valence-corrected chi connectivity index (χ0v) is 18.0. The molecule has 30 heavy (non-hydrogen) atoms. The first kappa shape index (κ1) is 19.3. The monoisotopic (exact) mass is 402 g/mol. The van der Waals surface area contributed by atoms with Crippen LogP contribution >= 0.6 is 0 Å². The van der Waals surface area contributed by atoms with E-state index >= 15 is 0 Å². The predicted octanol–water partition coefficient (Wildman–Crippen LogP) is 5.77. The molecule has 2 aliphatic heterocycles. The molecular formula is C26H30N2O2. The molecule has 2 unspecified atom stereocenters. The molecule has 0 spiro atoms. The standard InChI is InChI=1S/C26H30N2O2/c1-25(2)20(23-27-21(16-29-23)18-10-6-4-7-11-18)14-15-26(25,3)24-28-22(17-30-24)19-12-8-5-9-13-19/h4-13,20-22H,14-17H2,1-3H3/t20?,21-,22-,26?/m1/s1. The zero-order chi connectivity index (χ0) is 20.8. The lowest BCUT2D eigenvalue weighted by molar-refractivity contribution is 0.139. The van der Waals surface area contributed by atoms with Crippen molar-refractivity contribution < 1.29 is 9.47 Å². The molecule has 1 aliphatic carbocycles. The highest BCUT2D eigenvalue weighted by Gasteiger charge is 2.58. The maximum atomic E-state index is 6.21. The molecule has 5 rings (SSSR count). The van der Waals surface area contributed by atoms with E-state index in [2.05, 4.69) is 69.3 Å². The molecule has 1 fully saturated rings. The lowest BCUT2D eigenvalue weighted by atomic mass is 9.65. The van der Waals surface area contributed by atoms with E-state index in [9.17, 15) is 0 Å². The summed E-state index contributed by atoms with van der Waals surface area (Å²) in [6.45, 7) is 8.23. The largest absolute Gasteiger partial charge is 0.478 e. The van der Waals surface area contributed by atoms with Crippen molar-refractivity contribution in [2.24, 2.45) is 26.7 Å². The fraction of sp³-hybridized carbons (Fsp3) is 0.462. The van der Waals surface area contributed by atoms with E-state index in [0.717, 1.165) is 24.6 Å². The van der Waals surface area contributed by atoms with Gasteiger partial charge in [0.1, 0.15) is 25.3 Å². The summed E-state index contributed by atoms with van der Waals surface area (Å²) in [4.78, 5) is 10.0. The minimum Gasteiger partial charge on any atom is -0.478 e. The number of hydrogen-bond donors (Lipinski definition) is 0. The van der Waals surface area contributed by atoms with Gasteiger partial charge in [-0.25, -0.2) is 9.98 Å². The first-order chi connectivity index (χ1) is 14.5. The van der Waals surface area contributed by atoms with Crippen molar-refractivity contribution in [3.63, 3.8) is 0 Å². The molecule has 0 saturated heterocycles. The third-order valence-electron chi connectivity index (χ3n) is 7.69. The Morgan fingerprint density at radius 2 is 1.33 bits per heavy atom. The van der Waals surface area contributed by atoms with E-state index in [1.54, 1.807) is 0 Å². The van der Waals surface area contributed by atoms with Crippen LogP contribution in [0.15, 0.2) is 70.6 Å². The Bertz CT molecular complexity index is 967. The van der Waals surface area contributed by atoms with Gasteiger partial charge in [-0.1, -0.05) is 81.4 Å². The number of aliphatic imine (C=N–C) groups is 2. The first-order valence-corrected chi connectivity index (χ1v) is 11.0. The van der Waals surface area contributed by atoms with E-state index in [0.29, 0.717) is 13.2 Å². The van der Waals surface area contributed by atoms with Gasteiger partial charge in [-0.15, -0.1) is 0 Å². The molecule has 2 heterocycles. The van der Waals surface area contributed by atoms with Gasteiger partial charge in [-0.2, -0.15) is 0 Å². The van der Waals surface area contributed by atoms with Crippen LogP contribution in [0.5, 0.6) is 0 Å². The average Bonchev–Trinajstić information content (AvgIpc) is 3.49. The maximum Gasteiger partial charge on any atom is 0.190 e. The van der Waals surface area contributed by atoms with E-state index in [1.807, 2.05) is 12.1 Å². The summed E-state index contributed by atoms with van der Waals surface area (Å²) in [5.74, 6) is 2.09. The maximum absolute atomic E-state index is 6.21. The van der Waals surface area contributed by atoms with Gasteiger partial charge in [0.05, 0.1) is 0 Å². The molecule has 0 radical (unpaired) electrons. The van der Waals surface area contributed by atoms with Gasteiger partial charge < -0.3 is 9.47 Å². The molecule has 0 aromatic heterocycles. The van der Waals surface area contributed by atoms with Crippen LogP contribution in [0.4, 0.5) is 0 Å². The highest BCUT2D eigenvalue weighted by molar-refractivity contribution is 5.89. The van der Waals surface area contributed by atoms with Crippen LogP contribution in [0.3, 0.4) is 0 Å². The molecule has 2 aromatic rings. The second-order valence-electron chi connectivity index (χ2n) is 9.52. The number of ether oxygens (including phenoxy) is 2. The molecule has 3 aliphatic rings. The number of benzene rings is 2. The average molecular weight is 403 g/mol. The van der Waals surface area contributed by atoms with Crippen molar-refractivity contribution in [2.75, 3.05) is 13.2 Å². The highest BCUT2D eigenvalue weighted by Crippen LogP contribution is 2.58. The lowest BCUT2D eigenvalue weighted by Crippen LogP contribution is -2.43. The van der Waals surface area contributed by atoms with Crippen LogP contribution in [0.2, 0.25) is 0 Å². The fourth-order valence-corrected chi connectivity index (χ4v) is 5.27. The SMILES string of the molecule is CC1(C2=N[C@@H](c3ccccc3)CO2)CCC(C2=N[C@@H](c3ccccc3)CO2)C1(C)C. The Labute approximate surface area is 179 Å². The van der Waals surface area contributed by atoms with Crippen molar-refractivity contribution >= 4 is 11.8 Å². The van der Waals surface area contributed by atoms with Crippen molar-refractivity contribution in [2.45, 2.75) is 45.7 Å². The Hall–Kier alpha value is -2.62. The number of nitrogens with zero attached hydrogens (tertiary/aromatic N) is 2. The van der Waals surface area contributed by atoms with Gasteiger partial charge in [0.2, 0.25) is 0 Å². The molecule has 0 amide bonds. The van der Waals surface area contributed by atoms with Crippen LogP contribution in [-0.4, -0.2) is 25.0 Å². The van der Waals surface area contributed by atoms with Crippen LogP contribution < -0.4 is 0 Å². The van der Waals surface area contributed by atoms with E-state index in [1.165, 1.54) is 11.1 Å². The van der Waals surface area contributed by atoms with Crippen LogP contribution in [0, 0.1) is 16.7 Å². The minimum absolute atomic E-state index is 0.0537. The summed E-state index contributed by atoms with van der Waals surface area (Å²) in [5, 5.41) is 0. The summed E-state index contributed by atoms with van der Waals surface area (Å²) in [6.07, 6.45) is 2.08. The quantitative estimate of drug-likeness (QED) is 0.652. The second kappa shape index (κ2) is 7.26. The molecule has 1 saturated carbocycles. The molecule has 4 atom stereocenters. The van der Waals surface area contributed by atoms with Crippen molar-refractivity contribution in [3.8, 4) is 0 Å². The Balaban J connectivity index is 1.39. The third kappa shape index (κ3) is 3.05. The van der Waals surface area contributed by atoms with E-state index in [4.69, 9.17) is 19.5 Å². The van der Waals surface area contributed by atoms with Gasteiger partial charge in [0, 0.05) is 11.3 Å². The van der Waals surface area contributed by atoms with E-state index < -0.39 is 0 Å². The van der Waals surface area contributed by atoms with Crippen molar-refractivity contribution in [3.05, 3.63) is 71.8 Å². The van der Waals surface area contributed by atoms with Gasteiger partial charge in [-0.3, -0.25) is 0 Å². The van der Waals surface area contributed by atoms with Gasteiger partial charge in [0.15, 0.2) is 11.8 Å². The Morgan fingerprint density at radius 3 is 1.97 bits per heavy atom. The predicted molar refractivity (Wildman–Crippen MR) is 120 cm³/mol. The van der Waals surface area contributed by atoms with Gasteiger partial charge >= 0.3 is 0 Å². The zero-order valence-electron chi connectivity index (χ0n) is 18.0. The fourth-order valence-electron chi connectivity index (χ4n) is 5.27. The minimum atomic E-state index is -0.127. The highest BCUT2D eigenvalue weighted by atomic mass is 16.5. The lowest BCUT2D eigenvalue weighted by Gasteiger charge is -2.40. The molecule has 4 heteroatoms. The topological polar surface area (TPSA) is 43.2 Å². The Morgan fingerprint density at radius 1 is 0.767 bits per heavy atom. The number of rotatable bonds is 4. The smallest absolute Gasteiger partial charge is 0.190 e. The van der Waals surface area contributed by atoms with Crippen molar-refractivity contribution in [1.82, 2.24) is 0 Å². The van der Waals surface area contributed by atoms with Gasteiger partial charge in [0.25, 0.3) is 0 Å². The second-order valence-corrected chi connectivity index (χ2v) is 9.52. The molecule has 0 bridgehead atoms. The van der Waals surface area contributed by atoms with E-state index in [-0.39, 0.29) is 28.8 Å². The first-order valence-electron chi connectivity index (χ1n) is 11.0. The van der Waals surface area contributed by atoms with Gasteiger partial charge in [-0.05, 0) is 29.4 Å². The van der Waals surface area contributed by atoms with Crippen LogP contribution in [-0.2, 0) is 9.47 Å². The number of hydrogen-bond acceptors (Lipinski definition) is 4. The third-order valence-corrected chi connectivity index (χ3v) is 7.69. The molecule has 4 nitrogen and oxygen atoms in total. The summed E-state index contributed by atoms with van der Waals surface area (Å²) in [6, 6.07) is 21.1. The summed E-state index contributed by atoms with van der Waals surface area (Å²) >= 11 is 0. The summed E-state index contributed by atoms with van der Waals surface area (Å²) in [5.41, 5.74) is 2.26. The molecule has 2 aromatic carbocycles. The molecular weight excluding hydrogens is 372 g/mol. The molecule has 156 valence electrons. The summed E-state index contributed by atoms with van der Waals surface area (Å²) in [7, 11) is 0. The van der Waals surface area contributed by atoms with Crippen molar-refractivity contribution in [1.29, 1.82) is 0 Å². The Kier molecular flexibility index (Phi) is 4.68. The summed E-state index contributed by atoms with van der Waals surface area (Å²) < 4.78 is 12.4. The van der Waals surface area contributed by atoms with Crippen LogP contribution in [0.25, 0.3) is 0 Å². The van der Waals surface area contributed by atoms with Crippen LogP contribution in [0.1, 0.15) is 56.8 Å².